The van der Waals surface area contributed by atoms with Crippen molar-refractivity contribution in [3.63, 3.8) is 0 Å². The van der Waals surface area contributed by atoms with Crippen LogP contribution in [-0.4, -0.2) is 61.7 Å². The number of benzene rings is 1. The smallest absolute Gasteiger partial charge is 0.340 e. The molecule has 26 heavy (non-hydrogen) atoms. The number of hydrogen-bond acceptors (Lipinski definition) is 6. The van der Waals surface area contributed by atoms with Crippen molar-refractivity contribution < 1.29 is 19.1 Å². The Kier molecular flexibility index (Phi) is 5.68. The van der Waals surface area contributed by atoms with Gasteiger partial charge in [-0.15, -0.1) is 0 Å². The molecule has 0 atom stereocenters. The maximum absolute atomic E-state index is 12.3. The summed E-state index contributed by atoms with van der Waals surface area (Å²) in [4.78, 5) is 32.2. The number of anilines is 1. The minimum atomic E-state index is -0.573. The van der Waals surface area contributed by atoms with Gasteiger partial charge in [-0.2, -0.15) is 0 Å². The van der Waals surface area contributed by atoms with E-state index in [1.165, 1.54) is 13.3 Å². The molecule has 0 saturated carbocycles. The van der Waals surface area contributed by atoms with Crippen LogP contribution in [0.4, 0.5) is 5.69 Å². The standard InChI is InChI=1S/C19H21N3O4/c1-25-17-8-7-15(13-20-17)19(24)26-14-18(23)22-11-9-21(10-12-22)16-5-3-2-4-6-16/h2-8,13H,9-12,14H2,1H3. The van der Waals surface area contributed by atoms with E-state index in [4.69, 9.17) is 9.47 Å². The number of amides is 1. The monoisotopic (exact) mass is 355 g/mol. The van der Waals surface area contributed by atoms with Crippen LogP contribution < -0.4 is 9.64 Å². The lowest BCUT2D eigenvalue weighted by Crippen LogP contribution is -2.49. The molecule has 0 bridgehead atoms. The number of hydrogen-bond donors (Lipinski definition) is 0. The van der Waals surface area contributed by atoms with Crippen LogP contribution in [0.1, 0.15) is 10.4 Å². The fourth-order valence-electron chi connectivity index (χ4n) is 2.78. The van der Waals surface area contributed by atoms with Crippen molar-refractivity contribution >= 4 is 17.6 Å². The molecule has 0 unspecified atom stereocenters. The Morgan fingerprint density at radius 3 is 2.38 bits per heavy atom. The molecule has 2 heterocycles. The highest BCUT2D eigenvalue weighted by Crippen LogP contribution is 2.15. The van der Waals surface area contributed by atoms with E-state index in [-0.39, 0.29) is 18.1 Å². The summed E-state index contributed by atoms with van der Waals surface area (Å²) >= 11 is 0. The SMILES string of the molecule is COc1ccc(C(=O)OCC(=O)N2CCN(c3ccccc3)CC2)cn1. The lowest BCUT2D eigenvalue weighted by atomic mass is 10.2. The molecule has 1 saturated heterocycles. The number of pyridine rings is 1. The normalized spacial score (nSPS) is 14.0. The molecule has 1 fully saturated rings. The quantitative estimate of drug-likeness (QED) is 0.759. The number of nitrogens with zero attached hydrogens (tertiary/aromatic N) is 3. The zero-order chi connectivity index (χ0) is 18.4. The minimum Gasteiger partial charge on any atom is -0.481 e. The average molecular weight is 355 g/mol. The zero-order valence-electron chi connectivity index (χ0n) is 14.6. The number of esters is 1. The number of carbonyl (C=O) groups excluding carboxylic acids is 2. The summed E-state index contributed by atoms with van der Waals surface area (Å²) in [5, 5.41) is 0. The molecule has 7 nitrogen and oxygen atoms in total. The van der Waals surface area contributed by atoms with E-state index >= 15 is 0 Å². The summed E-state index contributed by atoms with van der Waals surface area (Å²) in [6, 6.07) is 13.2. The van der Waals surface area contributed by atoms with E-state index in [9.17, 15) is 9.59 Å². The van der Waals surface area contributed by atoms with Gasteiger partial charge in [0, 0.05) is 44.1 Å². The second kappa shape index (κ2) is 8.33. The number of rotatable bonds is 5. The number of piperazine rings is 1. The summed E-state index contributed by atoms with van der Waals surface area (Å²) in [5.41, 5.74) is 1.44. The van der Waals surface area contributed by atoms with Crippen molar-refractivity contribution in [2.45, 2.75) is 0 Å². The highest BCUT2D eigenvalue weighted by Gasteiger charge is 2.22. The summed E-state index contributed by atoms with van der Waals surface area (Å²) < 4.78 is 10.0. The van der Waals surface area contributed by atoms with Gasteiger partial charge in [-0.3, -0.25) is 4.79 Å². The molecule has 1 aliphatic rings. The van der Waals surface area contributed by atoms with Crippen molar-refractivity contribution in [1.82, 2.24) is 9.88 Å². The van der Waals surface area contributed by atoms with Gasteiger partial charge >= 0.3 is 5.97 Å². The molecule has 0 aliphatic carbocycles. The van der Waals surface area contributed by atoms with E-state index < -0.39 is 5.97 Å². The molecule has 7 heteroatoms. The fourth-order valence-corrected chi connectivity index (χ4v) is 2.78. The van der Waals surface area contributed by atoms with Gasteiger partial charge in [0.05, 0.1) is 12.7 Å². The van der Waals surface area contributed by atoms with Crippen molar-refractivity contribution in [1.29, 1.82) is 0 Å². The van der Waals surface area contributed by atoms with Gasteiger partial charge in [0.1, 0.15) is 0 Å². The van der Waals surface area contributed by atoms with Crippen molar-refractivity contribution in [3.8, 4) is 5.88 Å². The number of ether oxygens (including phenoxy) is 2. The molecular formula is C19H21N3O4. The molecule has 0 radical (unpaired) electrons. The summed E-state index contributed by atoms with van der Waals surface area (Å²) in [7, 11) is 1.50. The van der Waals surface area contributed by atoms with Crippen LogP contribution in [0.25, 0.3) is 0 Å². The molecule has 3 rings (SSSR count). The van der Waals surface area contributed by atoms with Gasteiger partial charge in [-0.1, -0.05) is 18.2 Å². The third-order valence-corrected chi connectivity index (χ3v) is 4.26. The maximum Gasteiger partial charge on any atom is 0.340 e. The fraction of sp³-hybridized carbons (Fsp3) is 0.316. The Bertz CT molecular complexity index is 741. The highest BCUT2D eigenvalue weighted by atomic mass is 16.5. The Morgan fingerprint density at radius 1 is 1.04 bits per heavy atom. The van der Waals surface area contributed by atoms with E-state index in [1.807, 2.05) is 18.2 Å². The molecule has 1 aliphatic heterocycles. The first-order valence-corrected chi connectivity index (χ1v) is 8.42. The van der Waals surface area contributed by atoms with E-state index in [1.54, 1.807) is 17.0 Å². The van der Waals surface area contributed by atoms with Crippen LogP contribution >= 0.6 is 0 Å². The first-order chi connectivity index (χ1) is 12.7. The second-order valence-electron chi connectivity index (χ2n) is 5.87. The number of para-hydroxylation sites is 1. The van der Waals surface area contributed by atoms with E-state index in [2.05, 4.69) is 22.0 Å². The molecule has 1 aromatic carbocycles. The van der Waals surface area contributed by atoms with E-state index in [0.29, 0.717) is 19.0 Å². The average Bonchev–Trinajstić information content (AvgIpc) is 2.72. The molecule has 136 valence electrons. The molecule has 0 spiro atoms. The van der Waals surface area contributed by atoms with Gasteiger partial charge in [0.15, 0.2) is 6.61 Å². The molecule has 1 aromatic heterocycles. The van der Waals surface area contributed by atoms with Gasteiger partial charge in [-0.25, -0.2) is 9.78 Å². The Hall–Kier alpha value is -3.09. The van der Waals surface area contributed by atoms with Crippen molar-refractivity contribution in [2.75, 3.05) is 44.8 Å². The van der Waals surface area contributed by atoms with Crippen molar-refractivity contribution in [3.05, 3.63) is 54.2 Å². The number of carbonyl (C=O) groups is 2. The zero-order valence-corrected chi connectivity index (χ0v) is 14.6. The Balaban J connectivity index is 1.46. The second-order valence-corrected chi connectivity index (χ2v) is 5.87. The highest BCUT2D eigenvalue weighted by molar-refractivity contribution is 5.91. The van der Waals surface area contributed by atoms with Crippen LogP contribution in [0.3, 0.4) is 0 Å². The third-order valence-electron chi connectivity index (χ3n) is 4.26. The summed E-state index contributed by atoms with van der Waals surface area (Å²) in [6.07, 6.45) is 1.37. The topological polar surface area (TPSA) is 72.0 Å². The minimum absolute atomic E-state index is 0.187. The molecular weight excluding hydrogens is 334 g/mol. The van der Waals surface area contributed by atoms with Crippen LogP contribution in [-0.2, 0) is 9.53 Å². The first-order valence-electron chi connectivity index (χ1n) is 8.42. The summed E-state index contributed by atoms with van der Waals surface area (Å²) in [5.74, 6) is -0.349. The maximum atomic E-state index is 12.3. The third kappa shape index (κ3) is 4.30. The molecule has 0 N–H and O–H groups in total. The molecule has 1 amide bonds. The van der Waals surface area contributed by atoms with Gasteiger partial charge < -0.3 is 19.3 Å². The first kappa shape index (κ1) is 17.7. The van der Waals surface area contributed by atoms with Crippen LogP contribution in [0, 0.1) is 0 Å². The Morgan fingerprint density at radius 2 is 1.77 bits per heavy atom. The van der Waals surface area contributed by atoms with Crippen LogP contribution in [0.5, 0.6) is 5.88 Å². The largest absolute Gasteiger partial charge is 0.481 e. The lowest BCUT2D eigenvalue weighted by molar-refractivity contribution is -0.134. The number of methoxy groups -OCH3 is 1. The van der Waals surface area contributed by atoms with Crippen LogP contribution in [0.15, 0.2) is 48.7 Å². The summed E-state index contributed by atoms with van der Waals surface area (Å²) in [6.45, 7) is 2.46. The van der Waals surface area contributed by atoms with Gasteiger partial charge in [0.2, 0.25) is 5.88 Å². The van der Waals surface area contributed by atoms with Gasteiger partial charge in [0.25, 0.3) is 5.91 Å². The van der Waals surface area contributed by atoms with Crippen LogP contribution in [0.2, 0.25) is 0 Å². The predicted molar refractivity (Wildman–Crippen MR) is 96.3 cm³/mol. The van der Waals surface area contributed by atoms with Gasteiger partial charge in [-0.05, 0) is 18.2 Å². The Labute approximate surface area is 152 Å². The lowest BCUT2D eigenvalue weighted by Gasteiger charge is -2.36. The van der Waals surface area contributed by atoms with E-state index in [0.717, 1.165) is 18.8 Å². The predicted octanol–water partition coefficient (Wildman–Crippen LogP) is 1.60. The van der Waals surface area contributed by atoms with Crippen molar-refractivity contribution in [2.24, 2.45) is 0 Å². The number of aromatic nitrogens is 1. The molecule has 2 aromatic rings.